The molecule has 9 atom stereocenters. The van der Waals surface area contributed by atoms with Gasteiger partial charge >= 0.3 is 11.9 Å². The number of ether oxygens (including phenoxy) is 3. The lowest BCUT2D eigenvalue weighted by molar-refractivity contribution is -0.344. The third-order valence-electron chi connectivity index (χ3n) is 10.3. The average Bonchev–Trinajstić information content (AvgIpc) is 2.92. The van der Waals surface area contributed by atoms with E-state index in [-0.39, 0.29) is 30.6 Å². The second-order valence-electron chi connectivity index (χ2n) is 12.9. The summed E-state index contributed by atoms with van der Waals surface area (Å²) < 4.78 is 17.4. The van der Waals surface area contributed by atoms with Gasteiger partial charge in [0.2, 0.25) is 0 Å². The molecule has 3 aliphatic carbocycles. The standard InChI is InChI=1S/C30H38O10.CH4O/c1-15-20-21(39-16(2)31)23(33)28(6)18(32)12-19-29(36,14-38-19)22(28)24(40-25(34)17-10-8-7-9-11-17)30(37,26(20,3)4)13-27(15,5)35;1-2/h7-11,18-19,21-22,24,32,35-37H,12-14H2,1-6H3;2H,1H3/t18-,19+,21+,22?,24-,27-,28+,29-,30+;/m0./s1. The third kappa shape index (κ3) is 4.36. The quantitative estimate of drug-likeness (QED) is 0.251. The van der Waals surface area contributed by atoms with Crippen molar-refractivity contribution in [2.45, 2.75) is 95.6 Å². The van der Waals surface area contributed by atoms with E-state index in [0.717, 1.165) is 14.0 Å². The van der Waals surface area contributed by atoms with Crippen LogP contribution in [0.2, 0.25) is 0 Å². The van der Waals surface area contributed by atoms with Crippen molar-refractivity contribution in [2.75, 3.05) is 13.7 Å². The number of carbonyl (C=O) groups excluding carboxylic acids is 3. The third-order valence-corrected chi connectivity index (χ3v) is 10.3. The number of fused-ring (bicyclic) bond motifs is 5. The second kappa shape index (κ2) is 10.5. The minimum atomic E-state index is -2.10. The van der Waals surface area contributed by atoms with E-state index in [4.69, 9.17) is 19.3 Å². The normalized spacial score (nSPS) is 41.9. The number of hydrogen-bond acceptors (Lipinski definition) is 11. The van der Waals surface area contributed by atoms with Crippen LogP contribution in [0.25, 0.3) is 0 Å². The monoisotopic (exact) mass is 590 g/mol. The summed E-state index contributed by atoms with van der Waals surface area (Å²) in [6.07, 6.45) is -5.91. The molecule has 1 saturated heterocycles. The van der Waals surface area contributed by atoms with Gasteiger partial charge in [-0.15, -0.1) is 0 Å². The van der Waals surface area contributed by atoms with Crippen LogP contribution < -0.4 is 0 Å². The van der Waals surface area contributed by atoms with E-state index >= 15 is 0 Å². The molecule has 3 fully saturated rings. The number of Topliss-reactive ketones (excluding diaryl/α,β-unsaturated/α-hetero) is 1. The molecule has 2 bridgehead atoms. The number of hydrogen-bond donors (Lipinski definition) is 5. The van der Waals surface area contributed by atoms with E-state index in [2.05, 4.69) is 0 Å². The molecule has 0 amide bonds. The lowest BCUT2D eigenvalue weighted by Crippen LogP contribution is -2.81. The summed E-state index contributed by atoms with van der Waals surface area (Å²) in [5, 5.41) is 55.0. The molecule has 42 heavy (non-hydrogen) atoms. The SMILES string of the molecule is CC(=O)O[C@H]1C(=O)[C@@]2(C)C([C@H](OC(=O)c3ccccc3)[C@]3(O)C[C@](C)(O)C(C)=C1C3(C)C)[C@]1(O)CO[C@@H]1C[C@@H]2O.CO. The molecule has 1 unspecified atom stereocenters. The molecular formula is C31H42O11. The molecule has 0 aromatic heterocycles. The first-order valence-corrected chi connectivity index (χ1v) is 14.0. The van der Waals surface area contributed by atoms with Gasteiger partial charge in [0.1, 0.15) is 17.3 Å². The summed E-state index contributed by atoms with van der Waals surface area (Å²) in [5.74, 6) is -3.69. The molecule has 1 aromatic carbocycles. The molecule has 1 aliphatic heterocycles. The zero-order valence-corrected chi connectivity index (χ0v) is 25.1. The number of ketones is 1. The Morgan fingerprint density at radius 2 is 1.60 bits per heavy atom. The molecule has 0 radical (unpaired) electrons. The number of carbonyl (C=O) groups is 3. The molecule has 11 nitrogen and oxygen atoms in total. The summed E-state index contributed by atoms with van der Waals surface area (Å²) in [6.45, 7) is 8.70. The molecule has 1 heterocycles. The lowest BCUT2D eigenvalue weighted by Gasteiger charge is -2.67. The molecule has 2 saturated carbocycles. The molecule has 5 rings (SSSR count). The fourth-order valence-corrected chi connectivity index (χ4v) is 7.74. The van der Waals surface area contributed by atoms with Crippen LogP contribution in [0.15, 0.2) is 41.5 Å². The molecule has 232 valence electrons. The number of aliphatic hydroxyl groups excluding tert-OH is 2. The number of benzene rings is 1. The van der Waals surface area contributed by atoms with Crippen molar-refractivity contribution in [1.82, 2.24) is 0 Å². The smallest absolute Gasteiger partial charge is 0.338 e. The molecule has 1 aromatic rings. The number of rotatable bonds is 3. The van der Waals surface area contributed by atoms with E-state index in [0.29, 0.717) is 5.57 Å². The second-order valence-corrected chi connectivity index (χ2v) is 12.9. The maximum atomic E-state index is 14.6. The highest BCUT2D eigenvalue weighted by Crippen LogP contribution is 2.64. The Balaban J connectivity index is 0.00000198. The van der Waals surface area contributed by atoms with Crippen molar-refractivity contribution < 1.29 is 54.1 Å². The van der Waals surface area contributed by atoms with Crippen LogP contribution in [0.1, 0.15) is 64.7 Å². The van der Waals surface area contributed by atoms with Crippen molar-refractivity contribution in [1.29, 1.82) is 0 Å². The first-order valence-electron chi connectivity index (χ1n) is 14.0. The van der Waals surface area contributed by atoms with Crippen LogP contribution in [-0.2, 0) is 23.8 Å². The topological polar surface area (TPSA) is 180 Å². The van der Waals surface area contributed by atoms with Crippen LogP contribution in [0, 0.1) is 16.7 Å². The Kier molecular flexibility index (Phi) is 8.06. The van der Waals surface area contributed by atoms with E-state index in [9.17, 15) is 34.8 Å². The van der Waals surface area contributed by atoms with Crippen LogP contribution in [0.4, 0.5) is 0 Å². The van der Waals surface area contributed by atoms with Crippen molar-refractivity contribution in [3.8, 4) is 0 Å². The van der Waals surface area contributed by atoms with Crippen molar-refractivity contribution >= 4 is 17.7 Å². The van der Waals surface area contributed by atoms with Gasteiger partial charge in [0.15, 0.2) is 11.9 Å². The first kappa shape index (κ1) is 32.2. The zero-order valence-electron chi connectivity index (χ0n) is 25.1. The molecule has 4 aliphatic rings. The van der Waals surface area contributed by atoms with Gasteiger partial charge in [-0.2, -0.15) is 0 Å². The average molecular weight is 591 g/mol. The predicted octanol–water partition coefficient (Wildman–Crippen LogP) is 1.08. The number of esters is 2. The first-order chi connectivity index (χ1) is 19.4. The van der Waals surface area contributed by atoms with E-state index < -0.39 is 75.7 Å². The highest BCUT2D eigenvalue weighted by Gasteiger charge is 2.77. The summed E-state index contributed by atoms with van der Waals surface area (Å²) in [5.41, 5.74) is -8.20. The molecule has 0 spiro atoms. The van der Waals surface area contributed by atoms with Crippen LogP contribution in [0.3, 0.4) is 0 Å². The minimum absolute atomic E-state index is 0.0983. The van der Waals surface area contributed by atoms with Gasteiger partial charge in [0, 0.05) is 38.2 Å². The maximum Gasteiger partial charge on any atom is 0.338 e. The Hall–Kier alpha value is -2.67. The molecule has 11 heteroatoms. The highest BCUT2D eigenvalue weighted by molar-refractivity contribution is 5.95. The van der Waals surface area contributed by atoms with Crippen molar-refractivity contribution in [3.63, 3.8) is 0 Å². The summed E-state index contributed by atoms with van der Waals surface area (Å²) in [7, 11) is 1.00. The van der Waals surface area contributed by atoms with Crippen molar-refractivity contribution in [2.24, 2.45) is 16.7 Å². The lowest BCUT2D eigenvalue weighted by atomic mass is 9.44. The molecule has 5 N–H and O–H groups in total. The predicted molar refractivity (Wildman–Crippen MR) is 148 cm³/mol. The molecular weight excluding hydrogens is 548 g/mol. The van der Waals surface area contributed by atoms with E-state index in [1.807, 2.05) is 0 Å². The van der Waals surface area contributed by atoms with Crippen LogP contribution >= 0.6 is 0 Å². The van der Waals surface area contributed by atoms with Gasteiger partial charge in [0.25, 0.3) is 0 Å². The Morgan fingerprint density at radius 1 is 1.00 bits per heavy atom. The summed E-state index contributed by atoms with van der Waals surface area (Å²) in [4.78, 5) is 40.6. The van der Waals surface area contributed by atoms with Crippen LogP contribution in [0.5, 0.6) is 0 Å². The van der Waals surface area contributed by atoms with Gasteiger partial charge < -0.3 is 39.7 Å². The zero-order chi connectivity index (χ0) is 31.6. The van der Waals surface area contributed by atoms with E-state index in [1.165, 1.54) is 26.0 Å². The Morgan fingerprint density at radius 3 is 2.12 bits per heavy atom. The summed E-state index contributed by atoms with van der Waals surface area (Å²) in [6, 6.07) is 8.09. The van der Waals surface area contributed by atoms with Gasteiger partial charge in [-0.3, -0.25) is 9.59 Å². The number of aliphatic hydroxyl groups is 5. The van der Waals surface area contributed by atoms with Gasteiger partial charge in [-0.1, -0.05) is 32.0 Å². The van der Waals surface area contributed by atoms with Gasteiger partial charge in [-0.05, 0) is 44.1 Å². The largest absolute Gasteiger partial charge is 0.455 e. The van der Waals surface area contributed by atoms with Crippen LogP contribution in [-0.4, -0.2) is 98.2 Å². The van der Waals surface area contributed by atoms with Crippen molar-refractivity contribution in [3.05, 3.63) is 47.0 Å². The maximum absolute atomic E-state index is 14.6. The fraction of sp³-hybridized carbons (Fsp3) is 0.645. The van der Waals surface area contributed by atoms with Gasteiger partial charge in [-0.25, -0.2) is 4.79 Å². The Bertz CT molecular complexity index is 1290. The Labute approximate surface area is 245 Å². The van der Waals surface area contributed by atoms with E-state index in [1.54, 1.807) is 39.0 Å². The van der Waals surface area contributed by atoms with Gasteiger partial charge in [0.05, 0.1) is 35.4 Å². The highest BCUT2D eigenvalue weighted by atomic mass is 16.6. The summed E-state index contributed by atoms with van der Waals surface area (Å²) >= 11 is 0. The fourth-order valence-electron chi connectivity index (χ4n) is 7.74. The minimum Gasteiger partial charge on any atom is -0.455 e.